The number of anilines is 1. The summed E-state index contributed by atoms with van der Waals surface area (Å²) in [5.41, 5.74) is 1.74. The maximum Gasteiger partial charge on any atom is 0.423 e. The van der Waals surface area contributed by atoms with Gasteiger partial charge in [-0.25, -0.2) is 4.98 Å². The molecule has 1 aromatic carbocycles. The molecule has 4 rings (SSSR count). The summed E-state index contributed by atoms with van der Waals surface area (Å²) in [7, 11) is 0. The van der Waals surface area contributed by atoms with E-state index in [1.54, 1.807) is 6.20 Å². The van der Waals surface area contributed by atoms with Gasteiger partial charge in [-0.3, -0.25) is 4.98 Å². The molecule has 1 aliphatic heterocycles. The lowest BCUT2D eigenvalue weighted by Gasteiger charge is -2.27. The van der Waals surface area contributed by atoms with Crippen molar-refractivity contribution in [2.24, 2.45) is 0 Å². The Kier molecular flexibility index (Phi) is 5.54. The minimum Gasteiger partial charge on any atom is -0.469 e. The number of alkyl halides is 3. The fraction of sp³-hybridized carbons (Fsp3) is 0.286. The van der Waals surface area contributed by atoms with E-state index in [1.165, 1.54) is 0 Å². The van der Waals surface area contributed by atoms with Crippen molar-refractivity contribution in [3.8, 4) is 17.1 Å². The van der Waals surface area contributed by atoms with Crippen LogP contribution in [0.1, 0.15) is 24.1 Å². The molecular weight excluding hydrogens is 397 g/mol. The van der Waals surface area contributed by atoms with E-state index in [9.17, 15) is 13.2 Å². The van der Waals surface area contributed by atoms with E-state index in [4.69, 9.17) is 9.47 Å². The Morgan fingerprint density at radius 1 is 1.10 bits per heavy atom. The van der Waals surface area contributed by atoms with E-state index in [-0.39, 0.29) is 25.2 Å². The van der Waals surface area contributed by atoms with Gasteiger partial charge in [-0.1, -0.05) is 30.3 Å². The van der Waals surface area contributed by atoms with E-state index in [2.05, 4.69) is 20.3 Å². The van der Waals surface area contributed by atoms with Crippen LogP contribution >= 0.6 is 0 Å². The summed E-state index contributed by atoms with van der Waals surface area (Å²) in [6.07, 6.45) is -2.58. The zero-order valence-electron chi connectivity index (χ0n) is 16.1. The lowest BCUT2D eigenvalue weighted by atomic mass is 10.0. The highest BCUT2D eigenvalue weighted by Gasteiger charge is 2.37. The fourth-order valence-corrected chi connectivity index (χ4v) is 2.91. The topological polar surface area (TPSA) is 69.2 Å². The van der Waals surface area contributed by atoms with Gasteiger partial charge in [-0.05, 0) is 24.6 Å². The number of ether oxygens (including phenoxy) is 2. The Bertz CT molecular complexity index is 993. The molecule has 0 saturated carbocycles. The van der Waals surface area contributed by atoms with Crippen LogP contribution in [0.5, 0.6) is 5.88 Å². The lowest BCUT2D eigenvalue weighted by molar-refractivity contribution is -0.142. The summed E-state index contributed by atoms with van der Waals surface area (Å²) in [5.74, 6) is -0.439. The number of rotatable bonds is 6. The maximum atomic E-state index is 13.2. The van der Waals surface area contributed by atoms with Crippen LogP contribution in [0.4, 0.5) is 19.1 Å². The average Bonchev–Trinajstić information content (AvgIpc) is 2.71. The number of hydrogen-bond donors (Lipinski definition) is 1. The minimum absolute atomic E-state index is 0.0551. The predicted octanol–water partition coefficient (Wildman–Crippen LogP) is 4.51. The summed E-state index contributed by atoms with van der Waals surface area (Å²) in [6.45, 7) is 2.35. The number of nitrogens with one attached hydrogen (secondary N) is 1. The third-order valence-corrected chi connectivity index (χ3v) is 4.66. The number of pyridine rings is 1. The zero-order chi connectivity index (χ0) is 21.1. The van der Waals surface area contributed by atoms with E-state index in [1.807, 2.05) is 49.4 Å². The van der Waals surface area contributed by atoms with Crippen LogP contribution in [0.2, 0.25) is 0 Å². The van der Waals surface area contributed by atoms with Crippen molar-refractivity contribution < 1.29 is 22.6 Å². The summed E-state index contributed by atoms with van der Waals surface area (Å²) in [6, 6.07) is 13.2. The third-order valence-electron chi connectivity index (χ3n) is 4.66. The van der Waals surface area contributed by atoms with Crippen molar-refractivity contribution in [1.29, 1.82) is 0 Å². The van der Waals surface area contributed by atoms with Gasteiger partial charge < -0.3 is 14.8 Å². The first-order chi connectivity index (χ1) is 14.4. The molecule has 3 heterocycles. The largest absolute Gasteiger partial charge is 0.469 e. The van der Waals surface area contributed by atoms with Crippen LogP contribution < -0.4 is 10.1 Å². The van der Waals surface area contributed by atoms with E-state index < -0.39 is 23.7 Å². The van der Waals surface area contributed by atoms with Gasteiger partial charge in [-0.15, -0.1) is 0 Å². The normalized spacial score (nSPS) is 15.3. The molecule has 2 aromatic heterocycles. The Morgan fingerprint density at radius 3 is 2.47 bits per heavy atom. The number of aromatic nitrogens is 3. The van der Waals surface area contributed by atoms with Crippen molar-refractivity contribution >= 4 is 5.95 Å². The van der Waals surface area contributed by atoms with Gasteiger partial charge in [0, 0.05) is 18.0 Å². The number of hydrogen-bond acceptors (Lipinski definition) is 6. The summed E-state index contributed by atoms with van der Waals surface area (Å²) >= 11 is 0. The first-order valence-electron chi connectivity index (χ1n) is 9.36. The molecule has 1 unspecified atom stereocenters. The minimum atomic E-state index is -4.61. The number of halogens is 3. The van der Waals surface area contributed by atoms with E-state index >= 15 is 0 Å². The summed E-state index contributed by atoms with van der Waals surface area (Å²) < 4.78 is 50.0. The number of nitrogens with zero attached hydrogens (tertiary/aromatic N) is 3. The van der Waals surface area contributed by atoms with Crippen molar-refractivity contribution in [2.45, 2.75) is 25.2 Å². The number of benzene rings is 1. The molecule has 0 bridgehead atoms. The van der Waals surface area contributed by atoms with Crippen LogP contribution in [0, 0.1) is 0 Å². The quantitative estimate of drug-likeness (QED) is 0.638. The van der Waals surface area contributed by atoms with Gasteiger partial charge >= 0.3 is 6.18 Å². The van der Waals surface area contributed by atoms with Gasteiger partial charge in [0.25, 0.3) is 0 Å². The van der Waals surface area contributed by atoms with E-state index in [0.717, 1.165) is 23.0 Å². The van der Waals surface area contributed by atoms with Gasteiger partial charge in [0.15, 0.2) is 0 Å². The van der Waals surface area contributed by atoms with Gasteiger partial charge in [-0.2, -0.15) is 18.2 Å². The van der Waals surface area contributed by atoms with Gasteiger partial charge in [0.05, 0.1) is 24.9 Å². The molecule has 1 atom stereocenters. The SMILES string of the molecule is CC(Nc1ncc(C(F)(F)F)c(OC2COC2)n1)c1ccc(-c2ccccn2)cc1. The molecule has 1 N–H and O–H groups in total. The van der Waals surface area contributed by atoms with Gasteiger partial charge in [0.1, 0.15) is 11.7 Å². The Morgan fingerprint density at radius 2 is 1.87 bits per heavy atom. The van der Waals surface area contributed by atoms with Crippen molar-refractivity contribution in [3.63, 3.8) is 0 Å². The van der Waals surface area contributed by atoms with Crippen molar-refractivity contribution in [3.05, 3.63) is 66.0 Å². The summed E-state index contributed by atoms with van der Waals surface area (Å²) in [5, 5.41) is 3.03. The molecule has 0 amide bonds. The van der Waals surface area contributed by atoms with Gasteiger partial charge in [0.2, 0.25) is 11.8 Å². The zero-order valence-corrected chi connectivity index (χ0v) is 16.1. The standard InChI is InChI=1S/C21H19F3N4O2/c1-13(14-5-7-15(8-6-14)18-4-2-3-9-25-18)27-20-26-10-17(21(22,23)24)19(28-20)30-16-11-29-12-16/h2-10,13,16H,11-12H2,1H3,(H,26,27,28). The monoisotopic (exact) mass is 416 g/mol. The molecule has 0 spiro atoms. The molecule has 6 nitrogen and oxygen atoms in total. The highest BCUT2D eigenvalue weighted by Crippen LogP contribution is 2.36. The fourth-order valence-electron chi connectivity index (χ4n) is 2.91. The average molecular weight is 416 g/mol. The molecular formula is C21H19F3N4O2. The highest BCUT2D eigenvalue weighted by molar-refractivity contribution is 5.59. The Balaban J connectivity index is 1.51. The van der Waals surface area contributed by atoms with Crippen LogP contribution in [0.15, 0.2) is 54.9 Å². The Hall–Kier alpha value is -3.20. The molecule has 0 aliphatic carbocycles. The van der Waals surface area contributed by atoms with Crippen molar-refractivity contribution in [2.75, 3.05) is 18.5 Å². The van der Waals surface area contributed by atoms with Crippen LogP contribution in [0.25, 0.3) is 11.3 Å². The van der Waals surface area contributed by atoms with E-state index in [0.29, 0.717) is 0 Å². The van der Waals surface area contributed by atoms with Crippen LogP contribution in [0.3, 0.4) is 0 Å². The molecule has 0 radical (unpaired) electrons. The second-order valence-electron chi connectivity index (χ2n) is 6.89. The molecule has 1 saturated heterocycles. The van der Waals surface area contributed by atoms with Crippen LogP contribution in [-0.2, 0) is 10.9 Å². The lowest BCUT2D eigenvalue weighted by Crippen LogP contribution is -2.39. The molecule has 1 fully saturated rings. The third kappa shape index (κ3) is 4.51. The molecule has 9 heteroatoms. The second kappa shape index (κ2) is 8.27. The maximum absolute atomic E-state index is 13.2. The highest BCUT2D eigenvalue weighted by atomic mass is 19.4. The smallest absolute Gasteiger partial charge is 0.423 e. The Labute approximate surface area is 171 Å². The van der Waals surface area contributed by atoms with Crippen molar-refractivity contribution in [1.82, 2.24) is 15.0 Å². The molecule has 30 heavy (non-hydrogen) atoms. The first-order valence-corrected chi connectivity index (χ1v) is 9.36. The molecule has 3 aromatic rings. The molecule has 156 valence electrons. The first kappa shape index (κ1) is 20.1. The summed E-state index contributed by atoms with van der Waals surface area (Å²) in [4.78, 5) is 12.1. The predicted molar refractivity (Wildman–Crippen MR) is 104 cm³/mol. The second-order valence-corrected chi connectivity index (χ2v) is 6.89. The van der Waals surface area contributed by atoms with Crippen LogP contribution in [-0.4, -0.2) is 34.3 Å². The molecule has 1 aliphatic rings.